The fraction of sp³-hybridized carbons (Fsp3) is 0.294. The van der Waals surface area contributed by atoms with E-state index in [9.17, 15) is 14.0 Å². The molecule has 46 heavy (non-hydrogen) atoms. The minimum absolute atomic E-state index is 0.100. The third-order valence-electron chi connectivity index (χ3n) is 8.40. The first-order valence-electron chi connectivity index (χ1n) is 14.9. The maximum absolute atomic E-state index is 14.9. The number of nitriles is 1. The number of piperidine rings is 1. The summed E-state index contributed by atoms with van der Waals surface area (Å²) in [5.41, 5.74) is 3.11. The largest absolute Gasteiger partial charge is 0.373 e. The zero-order valence-electron chi connectivity index (χ0n) is 25.5. The summed E-state index contributed by atoms with van der Waals surface area (Å²) >= 11 is 12.6. The van der Waals surface area contributed by atoms with Crippen LogP contribution in [-0.4, -0.2) is 43.5 Å². The van der Waals surface area contributed by atoms with Crippen molar-refractivity contribution in [2.75, 3.05) is 23.7 Å². The highest BCUT2D eigenvalue weighted by atomic mass is 35.5. The van der Waals surface area contributed by atoms with Crippen molar-refractivity contribution in [1.82, 2.24) is 24.9 Å². The molecule has 1 aliphatic heterocycles. The molecular weight excluding hydrogens is 629 g/mol. The van der Waals surface area contributed by atoms with E-state index in [2.05, 4.69) is 57.7 Å². The van der Waals surface area contributed by atoms with E-state index in [0.717, 1.165) is 43.3 Å². The Labute approximate surface area is 275 Å². The summed E-state index contributed by atoms with van der Waals surface area (Å²) in [5.74, 6) is -1.87. The van der Waals surface area contributed by atoms with E-state index in [1.165, 1.54) is 12.3 Å². The first-order chi connectivity index (χ1) is 22.0. The second kappa shape index (κ2) is 12.8. The Hall–Kier alpha value is -4.30. The minimum Gasteiger partial charge on any atom is -0.373 e. The van der Waals surface area contributed by atoms with Crippen molar-refractivity contribution < 1.29 is 8.78 Å². The summed E-state index contributed by atoms with van der Waals surface area (Å²) < 4.78 is 30.7. The lowest BCUT2D eigenvalue weighted by atomic mass is 9.98. The number of halogens is 4. The lowest BCUT2D eigenvalue weighted by molar-refractivity contribution is 0.0866. The summed E-state index contributed by atoms with van der Waals surface area (Å²) in [5, 5.41) is 25.6. The molecule has 2 N–H and O–H groups in total. The van der Waals surface area contributed by atoms with Crippen LogP contribution in [0.5, 0.6) is 0 Å². The Morgan fingerprint density at radius 1 is 1.04 bits per heavy atom. The average Bonchev–Trinajstić information content (AvgIpc) is 3.54. The van der Waals surface area contributed by atoms with Crippen LogP contribution in [0.1, 0.15) is 62.5 Å². The Balaban J connectivity index is 1.36. The molecule has 0 amide bonds. The molecule has 5 aromatic rings. The Morgan fingerprint density at radius 3 is 2.48 bits per heavy atom. The van der Waals surface area contributed by atoms with Crippen LogP contribution < -0.4 is 10.6 Å². The van der Waals surface area contributed by atoms with E-state index in [-0.39, 0.29) is 28.5 Å². The third-order valence-corrected chi connectivity index (χ3v) is 9.03. The van der Waals surface area contributed by atoms with E-state index in [4.69, 9.17) is 23.2 Å². The van der Waals surface area contributed by atoms with Crippen molar-refractivity contribution in [3.05, 3.63) is 105 Å². The zero-order chi connectivity index (χ0) is 32.6. The van der Waals surface area contributed by atoms with E-state index >= 15 is 0 Å². The molecular formula is C34H32Cl2F2N8. The summed E-state index contributed by atoms with van der Waals surface area (Å²) in [4.78, 5) is 6.88. The van der Waals surface area contributed by atoms with Crippen LogP contribution in [0, 0.1) is 23.0 Å². The molecule has 12 heteroatoms. The van der Waals surface area contributed by atoms with Gasteiger partial charge in [0.15, 0.2) is 5.82 Å². The molecule has 0 spiro atoms. The summed E-state index contributed by atoms with van der Waals surface area (Å²) in [7, 11) is 0. The van der Waals surface area contributed by atoms with Gasteiger partial charge in [0, 0.05) is 35.9 Å². The summed E-state index contributed by atoms with van der Waals surface area (Å²) in [6.45, 7) is 8.69. The lowest BCUT2D eigenvalue weighted by Gasteiger charge is -2.40. The fourth-order valence-electron chi connectivity index (χ4n) is 5.86. The molecule has 1 saturated heterocycles. The van der Waals surface area contributed by atoms with Crippen molar-refractivity contribution in [2.45, 2.75) is 51.2 Å². The smallest absolute Gasteiger partial charge is 0.168 e. The number of pyridine rings is 1. The van der Waals surface area contributed by atoms with Crippen LogP contribution in [0.4, 0.5) is 25.8 Å². The Bertz CT molecular complexity index is 1930. The molecule has 8 nitrogen and oxygen atoms in total. The number of anilines is 3. The van der Waals surface area contributed by atoms with Crippen LogP contribution >= 0.6 is 23.2 Å². The molecule has 2 aromatic heterocycles. The first-order valence-corrected chi connectivity index (χ1v) is 15.7. The van der Waals surface area contributed by atoms with Gasteiger partial charge in [-0.3, -0.25) is 9.88 Å². The van der Waals surface area contributed by atoms with Gasteiger partial charge in [-0.05, 0) is 63.4 Å². The van der Waals surface area contributed by atoms with Gasteiger partial charge >= 0.3 is 0 Å². The number of aromatic nitrogens is 4. The molecule has 0 aliphatic carbocycles. The fourth-order valence-corrected chi connectivity index (χ4v) is 6.29. The third kappa shape index (κ3) is 6.36. The van der Waals surface area contributed by atoms with Crippen molar-refractivity contribution in [3.63, 3.8) is 0 Å². The normalized spacial score (nSPS) is 15.1. The van der Waals surface area contributed by atoms with E-state index in [0.29, 0.717) is 21.6 Å². The highest BCUT2D eigenvalue weighted by Gasteiger charge is 2.29. The maximum atomic E-state index is 14.9. The summed E-state index contributed by atoms with van der Waals surface area (Å²) in [6, 6.07) is 17.6. The second-order valence-electron chi connectivity index (χ2n) is 12.4. The van der Waals surface area contributed by atoms with E-state index in [1.807, 2.05) is 41.2 Å². The number of nitrogens with one attached hydrogen (secondary N) is 2. The van der Waals surface area contributed by atoms with Gasteiger partial charge in [-0.1, -0.05) is 58.7 Å². The predicted molar refractivity (Wildman–Crippen MR) is 178 cm³/mol. The monoisotopic (exact) mass is 660 g/mol. The van der Waals surface area contributed by atoms with Gasteiger partial charge in [0.1, 0.15) is 22.6 Å². The average molecular weight is 662 g/mol. The molecule has 3 aromatic carbocycles. The molecule has 0 bridgehead atoms. The van der Waals surface area contributed by atoms with E-state index in [1.54, 1.807) is 12.1 Å². The van der Waals surface area contributed by atoms with Crippen LogP contribution in [-0.2, 0) is 0 Å². The van der Waals surface area contributed by atoms with Crippen molar-refractivity contribution in [2.24, 2.45) is 0 Å². The zero-order valence-corrected chi connectivity index (χ0v) is 27.0. The van der Waals surface area contributed by atoms with Gasteiger partial charge in [-0.25, -0.2) is 13.5 Å². The number of rotatable bonds is 7. The molecule has 236 valence electrons. The number of nitrogens with zero attached hydrogens (tertiary/aromatic N) is 6. The van der Waals surface area contributed by atoms with Gasteiger partial charge in [0.05, 0.1) is 45.8 Å². The first kappa shape index (κ1) is 31.7. The minimum atomic E-state index is -0.979. The molecule has 6 rings (SSSR count). The number of fused-ring (bicyclic) bond motifs is 1. The van der Waals surface area contributed by atoms with Crippen LogP contribution in [0.2, 0.25) is 10.0 Å². The predicted octanol–water partition coefficient (Wildman–Crippen LogP) is 8.66. The Morgan fingerprint density at radius 2 is 1.78 bits per heavy atom. The SMILES string of the molecule is CC(C)(C)N1CCC(n2cc([C@@H](Nc3cc(Cl)c4ncc(C#N)c(Nc5ccc(F)c(Cl)c5F)c4c3)c3ccccc3)nn2)CC1. The second-order valence-corrected chi connectivity index (χ2v) is 13.1. The van der Waals surface area contributed by atoms with Gasteiger partial charge < -0.3 is 10.6 Å². The number of likely N-dealkylation sites (tertiary alicyclic amines) is 1. The maximum Gasteiger partial charge on any atom is 0.168 e. The highest BCUT2D eigenvalue weighted by molar-refractivity contribution is 6.36. The standard InChI is InChI=1S/C34H32Cl2F2N8/c1-34(2,3)45-13-11-23(12-14-45)46-19-28(43-44-46)32(20-7-5-4-6-8-20)41-22-15-24-31(21(17-39)18-40-33(24)25(35)16-22)42-27-10-9-26(37)29(36)30(27)38/h4-10,15-16,18-19,23,32,41H,11-14H2,1-3H3,(H,40,42)/t32-/m0/s1. The number of hydrogen-bond acceptors (Lipinski definition) is 7. The van der Waals surface area contributed by atoms with Gasteiger partial charge in [0.2, 0.25) is 0 Å². The van der Waals surface area contributed by atoms with Crippen LogP contribution in [0.3, 0.4) is 0 Å². The molecule has 1 fully saturated rings. The molecule has 0 saturated carbocycles. The van der Waals surface area contributed by atoms with Gasteiger partial charge in [-0.15, -0.1) is 5.10 Å². The van der Waals surface area contributed by atoms with Crippen LogP contribution in [0.15, 0.2) is 67.0 Å². The molecule has 0 radical (unpaired) electrons. The van der Waals surface area contributed by atoms with Gasteiger partial charge in [-0.2, -0.15) is 5.26 Å². The van der Waals surface area contributed by atoms with Crippen molar-refractivity contribution in [1.29, 1.82) is 5.26 Å². The topological polar surface area (TPSA) is 94.7 Å². The summed E-state index contributed by atoms with van der Waals surface area (Å²) in [6.07, 6.45) is 5.30. The number of hydrogen-bond donors (Lipinski definition) is 2. The molecule has 0 unspecified atom stereocenters. The Kier molecular flexibility index (Phi) is 8.84. The van der Waals surface area contributed by atoms with E-state index < -0.39 is 22.7 Å². The molecule has 1 aliphatic rings. The quantitative estimate of drug-likeness (QED) is 0.169. The lowest BCUT2D eigenvalue weighted by Crippen LogP contribution is -2.46. The van der Waals surface area contributed by atoms with Crippen molar-refractivity contribution in [3.8, 4) is 6.07 Å². The highest BCUT2D eigenvalue weighted by Crippen LogP contribution is 2.38. The molecule has 3 heterocycles. The van der Waals surface area contributed by atoms with Gasteiger partial charge in [0.25, 0.3) is 0 Å². The van der Waals surface area contributed by atoms with Crippen molar-refractivity contribution >= 4 is 51.2 Å². The molecule has 1 atom stereocenters. The van der Waals surface area contributed by atoms with Crippen LogP contribution in [0.25, 0.3) is 10.9 Å². The number of benzene rings is 3.